The zero-order chi connectivity index (χ0) is 19.3. The van der Waals surface area contributed by atoms with Crippen LogP contribution in [-0.4, -0.2) is 32.0 Å². The van der Waals surface area contributed by atoms with Crippen molar-refractivity contribution in [1.29, 1.82) is 0 Å². The van der Waals surface area contributed by atoms with Gasteiger partial charge in [0.15, 0.2) is 0 Å². The molecule has 0 aliphatic heterocycles. The summed E-state index contributed by atoms with van der Waals surface area (Å²) in [6.45, 7) is 7.20. The van der Waals surface area contributed by atoms with Crippen molar-refractivity contribution in [1.82, 2.24) is 4.90 Å². The van der Waals surface area contributed by atoms with Crippen LogP contribution in [-0.2, 0) is 16.7 Å². The van der Waals surface area contributed by atoms with Crippen molar-refractivity contribution in [3.05, 3.63) is 65.2 Å². The highest BCUT2D eigenvalue weighted by Crippen LogP contribution is 2.17. The molecule has 26 heavy (non-hydrogen) atoms. The Morgan fingerprint density at radius 1 is 1.04 bits per heavy atom. The van der Waals surface area contributed by atoms with E-state index in [2.05, 4.69) is 13.8 Å². The molecule has 2 aromatic carbocycles. The van der Waals surface area contributed by atoms with E-state index in [1.54, 1.807) is 24.3 Å². The number of amides is 1. The van der Waals surface area contributed by atoms with Crippen molar-refractivity contribution < 1.29 is 17.4 Å². The van der Waals surface area contributed by atoms with Crippen LogP contribution < -0.4 is 4.18 Å². The van der Waals surface area contributed by atoms with Gasteiger partial charge in [-0.25, -0.2) is 0 Å². The second kappa shape index (κ2) is 8.36. The van der Waals surface area contributed by atoms with Gasteiger partial charge in [0.05, 0.1) is 6.26 Å². The first kappa shape index (κ1) is 20.0. The van der Waals surface area contributed by atoms with Gasteiger partial charge in [-0.1, -0.05) is 43.7 Å². The van der Waals surface area contributed by atoms with Crippen molar-refractivity contribution in [2.24, 2.45) is 5.92 Å². The fourth-order valence-electron chi connectivity index (χ4n) is 2.58. The average Bonchev–Trinajstić information content (AvgIpc) is 2.54. The fourth-order valence-corrected chi connectivity index (χ4v) is 3.05. The van der Waals surface area contributed by atoms with Crippen molar-refractivity contribution in [3.63, 3.8) is 0 Å². The summed E-state index contributed by atoms with van der Waals surface area (Å²) < 4.78 is 27.2. The first-order chi connectivity index (χ1) is 12.1. The zero-order valence-electron chi connectivity index (χ0n) is 15.6. The van der Waals surface area contributed by atoms with Gasteiger partial charge >= 0.3 is 10.1 Å². The van der Waals surface area contributed by atoms with Crippen LogP contribution in [0.1, 0.15) is 35.3 Å². The summed E-state index contributed by atoms with van der Waals surface area (Å²) in [5, 5.41) is 0. The average molecular weight is 375 g/mol. The molecule has 0 heterocycles. The first-order valence-corrected chi connectivity index (χ1v) is 10.3. The molecule has 0 bridgehead atoms. The fraction of sp³-hybridized carbons (Fsp3) is 0.350. The van der Waals surface area contributed by atoms with Crippen molar-refractivity contribution >= 4 is 16.0 Å². The Labute approximate surface area is 155 Å². The Morgan fingerprint density at radius 2 is 1.62 bits per heavy atom. The topological polar surface area (TPSA) is 63.7 Å². The Bertz CT molecular complexity index is 840. The quantitative estimate of drug-likeness (QED) is 0.693. The van der Waals surface area contributed by atoms with Gasteiger partial charge < -0.3 is 9.08 Å². The van der Waals surface area contributed by atoms with E-state index in [1.807, 2.05) is 36.1 Å². The number of hydrogen-bond acceptors (Lipinski definition) is 4. The number of carbonyl (C=O) groups excluding carboxylic acids is 1. The van der Waals surface area contributed by atoms with E-state index < -0.39 is 10.1 Å². The molecule has 0 aliphatic carbocycles. The summed E-state index contributed by atoms with van der Waals surface area (Å²) in [6.07, 6.45) is 1.01. The number of benzene rings is 2. The minimum Gasteiger partial charge on any atom is -0.383 e. The third-order valence-corrected chi connectivity index (χ3v) is 4.21. The molecule has 140 valence electrons. The standard InChI is InChI=1S/C20H25NO4S/c1-15(2)13-21(20(22)18-9-5-16(3)6-10-18)14-17-7-11-19(12-8-17)25-26(4,23)24/h5-12,15H,13-14H2,1-4H3. The maximum atomic E-state index is 12.9. The lowest BCUT2D eigenvalue weighted by atomic mass is 10.1. The van der Waals surface area contributed by atoms with E-state index in [0.29, 0.717) is 24.6 Å². The molecule has 0 aliphatic rings. The van der Waals surface area contributed by atoms with E-state index in [0.717, 1.165) is 17.4 Å². The number of aryl methyl sites for hydroxylation is 1. The minimum absolute atomic E-state index is 0.0184. The van der Waals surface area contributed by atoms with Gasteiger partial charge in [-0.3, -0.25) is 4.79 Å². The SMILES string of the molecule is Cc1ccc(C(=O)N(Cc2ccc(OS(C)(=O)=O)cc2)CC(C)C)cc1. The molecule has 0 aromatic heterocycles. The molecule has 2 aromatic rings. The molecule has 0 radical (unpaired) electrons. The van der Waals surface area contributed by atoms with Gasteiger partial charge in [0.25, 0.3) is 5.91 Å². The second-order valence-electron chi connectivity index (χ2n) is 6.88. The maximum absolute atomic E-state index is 12.9. The Kier molecular flexibility index (Phi) is 6.42. The summed E-state index contributed by atoms with van der Waals surface area (Å²) >= 11 is 0. The van der Waals surface area contributed by atoms with E-state index in [1.165, 1.54) is 0 Å². The zero-order valence-corrected chi connectivity index (χ0v) is 16.4. The largest absolute Gasteiger partial charge is 0.383 e. The van der Waals surface area contributed by atoms with Gasteiger partial charge in [0, 0.05) is 18.7 Å². The molecular formula is C20H25NO4S. The summed E-state index contributed by atoms with van der Waals surface area (Å²) in [4.78, 5) is 14.7. The van der Waals surface area contributed by atoms with Crippen molar-refractivity contribution in [3.8, 4) is 5.75 Å². The first-order valence-electron chi connectivity index (χ1n) is 8.48. The smallest absolute Gasteiger partial charge is 0.306 e. The van der Waals surface area contributed by atoms with Crippen LogP contribution in [0, 0.1) is 12.8 Å². The minimum atomic E-state index is -3.55. The van der Waals surface area contributed by atoms with Crippen LogP contribution >= 0.6 is 0 Å². The lowest BCUT2D eigenvalue weighted by Crippen LogP contribution is -2.33. The Balaban J connectivity index is 2.17. The highest BCUT2D eigenvalue weighted by atomic mass is 32.2. The van der Waals surface area contributed by atoms with Gasteiger partial charge in [-0.2, -0.15) is 8.42 Å². The number of hydrogen-bond donors (Lipinski definition) is 0. The van der Waals surface area contributed by atoms with Gasteiger partial charge in [0.1, 0.15) is 5.75 Å². The van der Waals surface area contributed by atoms with Gasteiger partial charge in [-0.15, -0.1) is 0 Å². The molecule has 0 fully saturated rings. The maximum Gasteiger partial charge on any atom is 0.306 e. The normalized spacial score (nSPS) is 11.4. The van der Waals surface area contributed by atoms with Crippen molar-refractivity contribution in [2.75, 3.05) is 12.8 Å². The summed E-state index contributed by atoms with van der Waals surface area (Å²) in [7, 11) is -3.55. The molecule has 1 amide bonds. The Morgan fingerprint density at radius 3 is 2.12 bits per heavy atom. The summed E-state index contributed by atoms with van der Waals surface area (Å²) in [5.41, 5.74) is 2.68. The highest BCUT2D eigenvalue weighted by Gasteiger charge is 2.17. The number of rotatable bonds is 7. The molecule has 0 spiro atoms. The second-order valence-corrected chi connectivity index (χ2v) is 8.45. The molecule has 0 atom stereocenters. The van der Waals surface area contributed by atoms with E-state index in [9.17, 15) is 13.2 Å². The number of nitrogens with zero attached hydrogens (tertiary/aromatic N) is 1. The summed E-state index contributed by atoms with van der Waals surface area (Å²) in [6, 6.07) is 14.3. The van der Waals surface area contributed by atoms with E-state index >= 15 is 0 Å². The van der Waals surface area contributed by atoms with E-state index in [4.69, 9.17) is 4.18 Å². The molecule has 0 saturated carbocycles. The van der Waals surface area contributed by atoms with Crippen LogP contribution in [0.3, 0.4) is 0 Å². The molecule has 5 nitrogen and oxygen atoms in total. The lowest BCUT2D eigenvalue weighted by Gasteiger charge is -2.25. The van der Waals surface area contributed by atoms with E-state index in [-0.39, 0.29) is 11.7 Å². The van der Waals surface area contributed by atoms with Crippen molar-refractivity contribution in [2.45, 2.75) is 27.3 Å². The third kappa shape index (κ3) is 6.19. The van der Waals surface area contributed by atoms with Gasteiger partial charge in [0.2, 0.25) is 0 Å². The van der Waals surface area contributed by atoms with Crippen LogP contribution in [0.2, 0.25) is 0 Å². The Hall–Kier alpha value is -2.34. The summed E-state index contributed by atoms with van der Waals surface area (Å²) in [5.74, 6) is 0.573. The van der Waals surface area contributed by atoms with Crippen LogP contribution in [0.5, 0.6) is 5.75 Å². The molecular weight excluding hydrogens is 350 g/mol. The molecule has 0 N–H and O–H groups in total. The molecule has 6 heteroatoms. The lowest BCUT2D eigenvalue weighted by molar-refractivity contribution is 0.0722. The van der Waals surface area contributed by atoms with Crippen LogP contribution in [0.4, 0.5) is 0 Å². The molecule has 0 unspecified atom stereocenters. The van der Waals surface area contributed by atoms with Crippen LogP contribution in [0.25, 0.3) is 0 Å². The predicted octanol–water partition coefficient (Wildman–Crippen LogP) is 3.63. The predicted molar refractivity (Wildman–Crippen MR) is 103 cm³/mol. The highest BCUT2D eigenvalue weighted by molar-refractivity contribution is 7.86. The van der Waals surface area contributed by atoms with Gasteiger partial charge in [-0.05, 0) is 42.7 Å². The third-order valence-electron chi connectivity index (χ3n) is 3.72. The molecule has 2 rings (SSSR count). The monoisotopic (exact) mass is 375 g/mol. The number of carbonyl (C=O) groups is 1. The van der Waals surface area contributed by atoms with Crippen LogP contribution in [0.15, 0.2) is 48.5 Å². The molecule has 0 saturated heterocycles.